The first kappa shape index (κ1) is 11.0. The minimum atomic E-state index is -0.883. The van der Waals surface area contributed by atoms with Crippen LogP contribution < -0.4 is 0 Å². The third-order valence-corrected chi connectivity index (χ3v) is 3.24. The molecule has 1 unspecified atom stereocenters. The van der Waals surface area contributed by atoms with Crippen molar-refractivity contribution >= 4 is 5.97 Å². The smallest absolute Gasteiger partial charge is 0.333 e. The van der Waals surface area contributed by atoms with Crippen molar-refractivity contribution in [2.24, 2.45) is 0 Å². The highest BCUT2D eigenvalue weighted by Gasteiger charge is 2.28. The number of nitrogens with zero attached hydrogens (tertiary/aromatic N) is 2. The Kier molecular flexibility index (Phi) is 2.63. The van der Waals surface area contributed by atoms with E-state index in [4.69, 9.17) is 0 Å². The molecule has 1 saturated carbocycles. The van der Waals surface area contributed by atoms with E-state index in [1.54, 1.807) is 10.9 Å². The van der Waals surface area contributed by atoms with E-state index in [1.807, 2.05) is 36.4 Å². The van der Waals surface area contributed by atoms with Gasteiger partial charge >= 0.3 is 5.97 Å². The van der Waals surface area contributed by atoms with Crippen molar-refractivity contribution in [1.29, 1.82) is 0 Å². The molecule has 1 aliphatic rings. The maximum absolute atomic E-state index is 11.4. The van der Waals surface area contributed by atoms with E-state index in [9.17, 15) is 9.90 Å². The first-order chi connectivity index (χ1) is 8.75. The van der Waals surface area contributed by atoms with Crippen LogP contribution in [0.1, 0.15) is 36.1 Å². The van der Waals surface area contributed by atoms with Gasteiger partial charge in [-0.25, -0.2) is 4.79 Å². The molecule has 0 saturated heterocycles. The number of carboxylic acids is 1. The van der Waals surface area contributed by atoms with E-state index in [1.165, 1.54) is 12.8 Å². The van der Waals surface area contributed by atoms with Crippen LogP contribution in [0.3, 0.4) is 0 Å². The largest absolute Gasteiger partial charge is 0.479 e. The normalized spacial score (nSPS) is 16.4. The van der Waals surface area contributed by atoms with E-state index < -0.39 is 12.0 Å². The molecule has 1 aliphatic carbocycles. The predicted molar refractivity (Wildman–Crippen MR) is 66.4 cm³/mol. The van der Waals surface area contributed by atoms with Gasteiger partial charge in [-0.1, -0.05) is 30.3 Å². The Morgan fingerprint density at radius 1 is 1.28 bits per heavy atom. The summed E-state index contributed by atoms with van der Waals surface area (Å²) in [5.74, 6) is -0.344. The van der Waals surface area contributed by atoms with E-state index >= 15 is 0 Å². The molecular weight excluding hydrogens is 228 g/mol. The quantitative estimate of drug-likeness (QED) is 0.895. The van der Waals surface area contributed by atoms with E-state index in [0.717, 1.165) is 11.3 Å². The first-order valence-corrected chi connectivity index (χ1v) is 6.08. The summed E-state index contributed by atoms with van der Waals surface area (Å²) in [6.07, 6.45) is 4.10. The summed E-state index contributed by atoms with van der Waals surface area (Å²) in [5.41, 5.74) is 1.76. The minimum Gasteiger partial charge on any atom is -0.479 e. The van der Waals surface area contributed by atoms with Crippen LogP contribution in [0.25, 0.3) is 0 Å². The van der Waals surface area contributed by atoms with E-state index in [-0.39, 0.29) is 0 Å². The van der Waals surface area contributed by atoms with Gasteiger partial charge in [-0.3, -0.25) is 4.68 Å². The van der Waals surface area contributed by atoms with Crippen molar-refractivity contribution in [2.75, 3.05) is 0 Å². The van der Waals surface area contributed by atoms with Gasteiger partial charge < -0.3 is 5.11 Å². The van der Waals surface area contributed by atoms with Crippen LogP contribution in [0, 0.1) is 0 Å². The molecular formula is C14H14N2O2. The summed E-state index contributed by atoms with van der Waals surface area (Å²) in [7, 11) is 0. The van der Waals surface area contributed by atoms with Crippen molar-refractivity contribution in [3.63, 3.8) is 0 Å². The molecule has 92 valence electrons. The maximum atomic E-state index is 11.4. The van der Waals surface area contributed by atoms with Crippen molar-refractivity contribution in [1.82, 2.24) is 9.78 Å². The summed E-state index contributed by atoms with van der Waals surface area (Å²) in [6, 6.07) is 10.4. The van der Waals surface area contributed by atoms with Crippen LogP contribution in [0.5, 0.6) is 0 Å². The second-order valence-electron chi connectivity index (χ2n) is 4.65. The summed E-state index contributed by atoms with van der Waals surface area (Å²) in [4.78, 5) is 11.4. The molecule has 18 heavy (non-hydrogen) atoms. The Bertz CT molecular complexity index is 558. The van der Waals surface area contributed by atoms with Crippen LogP contribution in [0.4, 0.5) is 0 Å². The molecule has 2 aromatic rings. The lowest BCUT2D eigenvalue weighted by molar-refractivity contribution is -0.139. The van der Waals surface area contributed by atoms with E-state index in [2.05, 4.69) is 5.10 Å². The number of aromatic nitrogens is 2. The van der Waals surface area contributed by atoms with Crippen molar-refractivity contribution in [3.8, 4) is 0 Å². The zero-order valence-electron chi connectivity index (χ0n) is 9.86. The summed E-state index contributed by atoms with van der Waals surface area (Å²) < 4.78 is 1.55. The van der Waals surface area contributed by atoms with Gasteiger partial charge in [0.05, 0.1) is 5.69 Å². The van der Waals surface area contributed by atoms with Gasteiger partial charge in [-0.05, 0) is 24.5 Å². The Balaban J connectivity index is 1.95. The summed E-state index contributed by atoms with van der Waals surface area (Å²) >= 11 is 0. The Labute approximate surface area is 105 Å². The summed E-state index contributed by atoms with van der Waals surface area (Å²) in [5, 5.41) is 13.8. The standard InChI is InChI=1S/C14H14N2O2/c17-14(18)13(11-4-2-1-3-5-11)16-9-8-12(15-16)10-6-7-10/h1-5,8-10,13H,6-7H2,(H,17,18). The predicted octanol–water partition coefficient (Wildman–Crippen LogP) is 2.43. The molecule has 3 rings (SSSR count). The van der Waals surface area contributed by atoms with Gasteiger partial charge in [-0.2, -0.15) is 5.10 Å². The Hall–Kier alpha value is -2.10. The fraction of sp³-hybridized carbons (Fsp3) is 0.286. The topological polar surface area (TPSA) is 55.1 Å². The van der Waals surface area contributed by atoms with Gasteiger partial charge in [0.1, 0.15) is 0 Å². The van der Waals surface area contributed by atoms with Crippen molar-refractivity contribution in [3.05, 3.63) is 53.9 Å². The number of aliphatic carboxylic acids is 1. The third kappa shape index (κ3) is 2.01. The molecule has 0 bridgehead atoms. The average molecular weight is 242 g/mol. The van der Waals surface area contributed by atoms with Gasteiger partial charge in [0, 0.05) is 12.1 Å². The molecule has 4 nitrogen and oxygen atoms in total. The molecule has 4 heteroatoms. The van der Waals surface area contributed by atoms with Crippen LogP contribution in [0.15, 0.2) is 42.6 Å². The fourth-order valence-electron chi connectivity index (χ4n) is 2.14. The molecule has 1 atom stereocenters. The van der Waals surface area contributed by atoms with Gasteiger partial charge in [0.15, 0.2) is 6.04 Å². The summed E-state index contributed by atoms with van der Waals surface area (Å²) in [6.45, 7) is 0. The van der Waals surface area contributed by atoms with Crippen molar-refractivity contribution < 1.29 is 9.90 Å². The minimum absolute atomic E-state index is 0.538. The van der Waals surface area contributed by atoms with E-state index in [0.29, 0.717) is 5.92 Å². The number of benzene rings is 1. The third-order valence-electron chi connectivity index (χ3n) is 3.24. The van der Waals surface area contributed by atoms with Gasteiger partial charge in [0.25, 0.3) is 0 Å². The number of rotatable bonds is 4. The molecule has 0 aliphatic heterocycles. The monoisotopic (exact) mass is 242 g/mol. The van der Waals surface area contributed by atoms with Gasteiger partial charge in [0.2, 0.25) is 0 Å². The zero-order chi connectivity index (χ0) is 12.5. The maximum Gasteiger partial charge on any atom is 0.333 e. The lowest BCUT2D eigenvalue weighted by Crippen LogP contribution is -2.20. The molecule has 1 fully saturated rings. The molecule has 1 aromatic carbocycles. The second kappa shape index (κ2) is 4.29. The van der Waals surface area contributed by atoms with Crippen LogP contribution in [-0.2, 0) is 4.79 Å². The number of carboxylic acid groups (broad SMARTS) is 1. The number of hydrogen-bond acceptors (Lipinski definition) is 2. The molecule has 0 spiro atoms. The van der Waals surface area contributed by atoms with Crippen LogP contribution in [-0.4, -0.2) is 20.9 Å². The average Bonchev–Trinajstić information content (AvgIpc) is 3.11. The number of hydrogen-bond donors (Lipinski definition) is 1. The number of carbonyl (C=O) groups is 1. The van der Waals surface area contributed by atoms with Crippen molar-refractivity contribution in [2.45, 2.75) is 24.8 Å². The zero-order valence-corrected chi connectivity index (χ0v) is 9.86. The molecule has 1 heterocycles. The molecule has 0 amide bonds. The molecule has 1 N–H and O–H groups in total. The lowest BCUT2D eigenvalue weighted by Gasteiger charge is -2.13. The Morgan fingerprint density at radius 3 is 2.61 bits per heavy atom. The van der Waals surface area contributed by atoms with Crippen LogP contribution in [0.2, 0.25) is 0 Å². The molecule has 0 radical (unpaired) electrons. The molecule has 1 aromatic heterocycles. The highest BCUT2D eigenvalue weighted by molar-refractivity contribution is 5.75. The highest BCUT2D eigenvalue weighted by Crippen LogP contribution is 2.39. The Morgan fingerprint density at radius 2 is 2.00 bits per heavy atom. The second-order valence-corrected chi connectivity index (χ2v) is 4.65. The first-order valence-electron chi connectivity index (χ1n) is 6.08. The van der Waals surface area contributed by atoms with Crippen LogP contribution >= 0.6 is 0 Å². The SMILES string of the molecule is O=C(O)C(c1ccccc1)n1ccc(C2CC2)n1. The van der Waals surface area contributed by atoms with Gasteiger partial charge in [-0.15, -0.1) is 0 Å². The fourth-order valence-corrected chi connectivity index (χ4v) is 2.14. The lowest BCUT2D eigenvalue weighted by atomic mass is 10.1. The highest BCUT2D eigenvalue weighted by atomic mass is 16.4.